The van der Waals surface area contributed by atoms with Crippen LogP contribution < -0.4 is 10.6 Å². The molecule has 0 spiro atoms. The zero-order chi connectivity index (χ0) is 26.3. The van der Waals surface area contributed by atoms with Crippen molar-refractivity contribution in [1.82, 2.24) is 10.2 Å². The normalized spacial score (nSPS) is 38.1. The van der Waals surface area contributed by atoms with Gasteiger partial charge in [0.05, 0.1) is 0 Å². The average Bonchev–Trinajstić information content (AvgIpc) is 3.30. The maximum Gasteiger partial charge on any atom is 0.247 e. The van der Waals surface area contributed by atoms with E-state index in [1.807, 2.05) is 4.90 Å². The highest BCUT2D eigenvalue weighted by Crippen LogP contribution is 2.63. The van der Waals surface area contributed by atoms with Gasteiger partial charge in [-0.2, -0.15) is 0 Å². The van der Waals surface area contributed by atoms with Gasteiger partial charge < -0.3 is 15.5 Å². The van der Waals surface area contributed by atoms with Gasteiger partial charge >= 0.3 is 0 Å². The maximum atomic E-state index is 13.9. The molecule has 2 fully saturated rings. The lowest BCUT2D eigenvalue weighted by atomic mass is 9.52. The number of hydrogen-bond acceptors (Lipinski definition) is 3. The number of benzene rings is 1. The first-order valence-corrected chi connectivity index (χ1v) is 14.7. The molecule has 2 N–H and O–H groups in total. The number of nitrogens with zero attached hydrogens (tertiary/aromatic N) is 1. The van der Waals surface area contributed by atoms with Gasteiger partial charge in [0.1, 0.15) is 18.2 Å². The Hall–Kier alpha value is -2.30. The number of hydrogen-bond donors (Lipinski definition) is 2. The van der Waals surface area contributed by atoms with E-state index in [9.17, 15) is 9.59 Å². The number of amides is 2. The highest BCUT2D eigenvalue weighted by molar-refractivity contribution is 5.98. The lowest BCUT2D eigenvalue weighted by Gasteiger charge is -2.52. The molecule has 2 amide bonds. The van der Waals surface area contributed by atoms with E-state index in [2.05, 4.69) is 76.4 Å². The molecule has 0 bridgehead atoms. The summed E-state index contributed by atoms with van der Waals surface area (Å²) < 4.78 is 0. The molecular formula is C32H45N3O2. The Bertz CT molecular complexity index is 1170. The fourth-order valence-electron chi connectivity index (χ4n) is 9.01. The van der Waals surface area contributed by atoms with Gasteiger partial charge in [0, 0.05) is 11.1 Å². The van der Waals surface area contributed by atoms with E-state index >= 15 is 0 Å². The van der Waals surface area contributed by atoms with Crippen LogP contribution in [0.3, 0.4) is 0 Å². The minimum Gasteiger partial charge on any atom is -0.364 e. The second kappa shape index (κ2) is 8.35. The molecule has 2 saturated heterocycles. The molecule has 3 aliphatic heterocycles. The minimum atomic E-state index is -0.428. The summed E-state index contributed by atoms with van der Waals surface area (Å²) >= 11 is 0. The van der Waals surface area contributed by atoms with Gasteiger partial charge in [0.2, 0.25) is 11.8 Å². The molecule has 37 heavy (non-hydrogen) atoms. The van der Waals surface area contributed by atoms with E-state index in [1.54, 1.807) is 11.1 Å². The van der Waals surface area contributed by atoms with Crippen LogP contribution in [0.5, 0.6) is 0 Å². The van der Waals surface area contributed by atoms with E-state index < -0.39 is 12.1 Å². The molecule has 200 valence electrons. The molecule has 0 radical (unpaired) electrons. The van der Waals surface area contributed by atoms with E-state index in [1.165, 1.54) is 37.7 Å². The summed E-state index contributed by atoms with van der Waals surface area (Å²) in [6, 6.07) is 7.80. The Morgan fingerprint density at radius 3 is 2.57 bits per heavy atom. The molecule has 5 heteroatoms. The number of piperazine rings is 1. The third-order valence-electron chi connectivity index (χ3n) is 11.0. The van der Waals surface area contributed by atoms with Crippen LogP contribution in [0.2, 0.25) is 0 Å². The second-order valence-electron chi connectivity index (χ2n) is 14.1. The quantitative estimate of drug-likeness (QED) is 0.484. The van der Waals surface area contributed by atoms with E-state index in [-0.39, 0.29) is 34.2 Å². The van der Waals surface area contributed by atoms with Crippen LogP contribution in [-0.2, 0) is 15.0 Å². The average molecular weight is 504 g/mol. The molecule has 0 aromatic heterocycles. The molecular weight excluding hydrogens is 458 g/mol. The lowest BCUT2D eigenvalue weighted by molar-refractivity contribution is -0.149. The van der Waals surface area contributed by atoms with Crippen LogP contribution in [0.25, 0.3) is 0 Å². The molecule has 6 rings (SSSR count). The van der Waals surface area contributed by atoms with Crippen molar-refractivity contribution in [3.05, 3.63) is 41.0 Å². The van der Waals surface area contributed by atoms with Gasteiger partial charge in [-0.25, -0.2) is 0 Å². The lowest BCUT2D eigenvalue weighted by Crippen LogP contribution is -2.64. The highest BCUT2D eigenvalue weighted by atomic mass is 16.2. The number of rotatable bonds is 4. The second-order valence-corrected chi connectivity index (χ2v) is 14.1. The molecule has 3 heterocycles. The Morgan fingerprint density at radius 2 is 1.81 bits per heavy atom. The predicted octanol–water partition coefficient (Wildman–Crippen LogP) is 6.15. The summed E-state index contributed by atoms with van der Waals surface area (Å²) in [5.41, 5.74) is 5.87. The molecule has 5 aliphatic rings. The third-order valence-corrected chi connectivity index (χ3v) is 11.0. The molecule has 2 aliphatic carbocycles. The van der Waals surface area contributed by atoms with Crippen LogP contribution in [0, 0.1) is 22.7 Å². The molecule has 1 aromatic rings. The summed E-state index contributed by atoms with van der Waals surface area (Å²) in [4.78, 5) is 29.4. The van der Waals surface area contributed by atoms with Crippen LogP contribution >= 0.6 is 0 Å². The zero-order valence-corrected chi connectivity index (χ0v) is 23.6. The van der Waals surface area contributed by atoms with Crippen molar-refractivity contribution < 1.29 is 9.59 Å². The van der Waals surface area contributed by atoms with Crippen molar-refractivity contribution in [3.63, 3.8) is 0 Å². The van der Waals surface area contributed by atoms with Crippen molar-refractivity contribution in [2.45, 2.75) is 117 Å². The molecule has 0 unspecified atom stereocenters. The van der Waals surface area contributed by atoms with Crippen LogP contribution in [0.4, 0.5) is 5.69 Å². The van der Waals surface area contributed by atoms with E-state index in [0.717, 1.165) is 12.1 Å². The number of fused-ring (bicyclic) bond motifs is 5. The SMILES string of the molecule is CC(C)C[C@@H]1NC(=O)[C@@H]2C[C@@]3(C[C@@]4(C)C5=C(CC[C@H]4C)C(C)(C)CCC5)c4ccccc4N[C@H]3N2C1=O. The van der Waals surface area contributed by atoms with Crippen LogP contribution in [-0.4, -0.2) is 35.0 Å². The van der Waals surface area contributed by atoms with Crippen molar-refractivity contribution in [3.8, 4) is 0 Å². The minimum absolute atomic E-state index is 0.0267. The van der Waals surface area contributed by atoms with Crippen LogP contribution in [0.15, 0.2) is 35.4 Å². The van der Waals surface area contributed by atoms with Crippen molar-refractivity contribution in [2.75, 3.05) is 5.32 Å². The van der Waals surface area contributed by atoms with Crippen molar-refractivity contribution in [1.29, 1.82) is 0 Å². The fourth-order valence-corrected chi connectivity index (χ4v) is 9.01. The van der Waals surface area contributed by atoms with E-state index in [0.29, 0.717) is 24.7 Å². The Labute approximate surface area is 222 Å². The number of carbonyl (C=O) groups excluding carboxylic acids is 2. The zero-order valence-electron chi connectivity index (χ0n) is 23.6. The Balaban J connectivity index is 1.47. The maximum absolute atomic E-state index is 13.9. The van der Waals surface area contributed by atoms with E-state index in [4.69, 9.17) is 0 Å². The smallest absolute Gasteiger partial charge is 0.247 e. The number of allylic oxidation sites excluding steroid dienone is 2. The number of para-hydroxylation sites is 1. The Morgan fingerprint density at radius 1 is 1.05 bits per heavy atom. The van der Waals surface area contributed by atoms with Gasteiger partial charge in [0.15, 0.2) is 0 Å². The monoisotopic (exact) mass is 503 g/mol. The van der Waals surface area contributed by atoms with Gasteiger partial charge in [-0.3, -0.25) is 9.59 Å². The molecule has 6 atom stereocenters. The summed E-state index contributed by atoms with van der Waals surface area (Å²) in [5.74, 6) is 1.03. The fraction of sp³-hybridized carbons (Fsp3) is 0.688. The van der Waals surface area contributed by atoms with Gasteiger partial charge in [-0.05, 0) is 85.7 Å². The number of carbonyl (C=O) groups is 2. The first-order valence-electron chi connectivity index (χ1n) is 14.7. The van der Waals surface area contributed by atoms with Gasteiger partial charge in [-0.15, -0.1) is 0 Å². The number of anilines is 1. The van der Waals surface area contributed by atoms with Crippen LogP contribution in [0.1, 0.15) is 98.5 Å². The third kappa shape index (κ3) is 3.55. The summed E-state index contributed by atoms with van der Waals surface area (Å²) in [6.45, 7) is 14.1. The van der Waals surface area contributed by atoms with Gasteiger partial charge in [0.25, 0.3) is 0 Å². The predicted molar refractivity (Wildman–Crippen MR) is 148 cm³/mol. The molecule has 5 nitrogen and oxygen atoms in total. The Kier molecular flexibility index (Phi) is 5.64. The highest BCUT2D eigenvalue weighted by Gasteiger charge is 2.65. The van der Waals surface area contributed by atoms with Gasteiger partial charge in [-0.1, -0.05) is 70.9 Å². The summed E-state index contributed by atoms with van der Waals surface area (Å²) in [6.07, 6.45) is 8.35. The largest absolute Gasteiger partial charge is 0.364 e. The topological polar surface area (TPSA) is 61.4 Å². The van der Waals surface area contributed by atoms with Crippen molar-refractivity contribution in [2.24, 2.45) is 22.7 Å². The molecule has 0 saturated carbocycles. The number of nitrogens with one attached hydrogen (secondary N) is 2. The standard InChI is InChI=1S/C32H45N3O2/c1-19(2)16-25-28(37)35-26(27(36)33-25)17-32(23-10-7-8-12-24(23)34-29(32)35)18-31(6)20(3)13-14-21-22(31)11-9-15-30(21,4)5/h7-8,10,12,19-20,25-26,29,34H,9,11,13-18H2,1-6H3,(H,33,36)/t20-,25+,26+,29+,31-,32-/m1/s1. The summed E-state index contributed by atoms with van der Waals surface area (Å²) in [7, 11) is 0. The first-order chi connectivity index (χ1) is 17.5. The summed E-state index contributed by atoms with van der Waals surface area (Å²) in [5, 5.41) is 6.89. The van der Waals surface area contributed by atoms with Crippen molar-refractivity contribution >= 4 is 17.5 Å². The first kappa shape index (κ1) is 25.0. The molecule has 1 aromatic carbocycles.